The molecule has 104 valence electrons. The van der Waals surface area contributed by atoms with Crippen LogP contribution in [0.15, 0.2) is 0 Å². The van der Waals surface area contributed by atoms with Crippen molar-refractivity contribution in [3.05, 3.63) is 0 Å². The van der Waals surface area contributed by atoms with Gasteiger partial charge in [0.2, 0.25) is 5.91 Å². The molecule has 0 aromatic carbocycles. The zero-order valence-electron chi connectivity index (χ0n) is 11.7. The van der Waals surface area contributed by atoms with Crippen LogP contribution >= 0.6 is 0 Å². The van der Waals surface area contributed by atoms with Crippen LogP contribution in [-0.4, -0.2) is 41.6 Å². The molecule has 0 spiro atoms. The van der Waals surface area contributed by atoms with E-state index in [1.54, 1.807) is 0 Å². The molecule has 1 saturated heterocycles. The van der Waals surface area contributed by atoms with E-state index in [0.29, 0.717) is 13.2 Å². The standard InChI is InChI=1S/C14H26N2O2/c1-3-8-14(2,15)13(17)16-9-10-18-12-7-5-4-6-11(12)16/h11-12H,3-10,15H2,1-2H3. The van der Waals surface area contributed by atoms with Crippen LogP contribution in [0, 0.1) is 0 Å². The normalized spacial score (nSPS) is 31.6. The summed E-state index contributed by atoms with van der Waals surface area (Å²) in [6.07, 6.45) is 6.51. The van der Waals surface area contributed by atoms with Crippen molar-refractivity contribution in [2.24, 2.45) is 5.73 Å². The molecular weight excluding hydrogens is 228 g/mol. The Kier molecular flexibility index (Phi) is 4.28. The lowest BCUT2D eigenvalue weighted by Gasteiger charge is -2.46. The van der Waals surface area contributed by atoms with Crippen LogP contribution in [0.4, 0.5) is 0 Å². The number of hydrogen-bond donors (Lipinski definition) is 1. The van der Waals surface area contributed by atoms with Gasteiger partial charge in [-0.25, -0.2) is 0 Å². The Hall–Kier alpha value is -0.610. The monoisotopic (exact) mass is 254 g/mol. The molecule has 0 bridgehead atoms. The fraction of sp³-hybridized carbons (Fsp3) is 0.929. The van der Waals surface area contributed by atoms with E-state index >= 15 is 0 Å². The summed E-state index contributed by atoms with van der Waals surface area (Å²) < 4.78 is 5.80. The number of amides is 1. The van der Waals surface area contributed by atoms with E-state index in [1.807, 2.05) is 11.8 Å². The van der Waals surface area contributed by atoms with Crippen LogP contribution in [0.2, 0.25) is 0 Å². The van der Waals surface area contributed by atoms with Crippen molar-refractivity contribution in [2.75, 3.05) is 13.2 Å². The van der Waals surface area contributed by atoms with Crippen LogP contribution in [-0.2, 0) is 9.53 Å². The topological polar surface area (TPSA) is 55.6 Å². The van der Waals surface area contributed by atoms with Gasteiger partial charge in [0.05, 0.1) is 24.3 Å². The van der Waals surface area contributed by atoms with Crippen LogP contribution in [0.3, 0.4) is 0 Å². The molecule has 3 unspecified atom stereocenters. The molecule has 1 aliphatic carbocycles. The minimum Gasteiger partial charge on any atom is -0.374 e. The molecule has 1 heterocycles. The summed E-state index contributed by atoms with van der Waals surface area (Å²) in [6.45, 7) is 5.30. The fourth-order valence-corrected chi connectivity index (χ4v) is 3.30. The van der Waals surface area contributed by atoms with Crippen LogP contribution in [0.5, 0.6) is 0 Å². The SMILES string of the molecule is CCCC(C)(N)C(=O)N1CCOC2CCCCC21. The van der Waals surface area contributed by atoms with Crippen molar-refractivity contribution in [1.29, 1.82) is 0 Å². The Bertz CT molecular complexity index is 302. The van der Waals surface area contributed by atoms with Crippen molar-refractivity contribution >= 4 is 5.91 Å². The molecule has 4 heteroatoms. The van der Waals surface area contributed by atoms with Crippen molar-refractivity contribution in [3.63, 3.8) is 0 Å². The minimum absolute atomic E-state index is 0.115. The highest BCUT2D eigenvalue weighted by molar-refractivity contribution is 5.86. The Morgan fingerprint density at radius 1 is 1.44 bits per heavy atom. The molecule has 1 aliphatic heterocycles. The molecule has 0 aromatic heterocycles. The maximum atomic E-state index is 12.6. The highest BCUT2D eigenvalue weighted by Gasteiger charge is 2.41. The van der Waals surface area contributed by atoms with Gasteiger partial charge in [-0.1, -0.05) is 26.2 Å². The Balaban J connectivity index is 2.08. The second-order valence-electron chi connectivity index (χ2n) is 5.93. The van der Waals surface area contributed by atoms with Crippen molar-refractivity contribution in [3.8, 4) is 0 Å². The first-order chi connectivity index (χ1) is 8.56. The zero-order chi connectivity index (χ0) is 13.2. The zero-order valence-corrected chi connectivity index (χ0v) is 11.7. The first-order valence-corrected chi connectivity index (χ1v) is 7.28. The lowest BCUT2D eigenvalue weighted by molar-refractivity contribution is -0.154. The predicted octanol–water partition coefficient (Wildman–Crippen LogP) is 1.67. The Morgan fingerprint density at radius 3 is 2.89 bits per heavy atom. The second-order valence-corrected chi connectivity index (χ2v) is 5.93. The average Bonchev–Trinajstić information content (AvgIpc) is 2.37. The highest BCUT2D eigenvalue weighted by atomic mass is 16.5. The van der Waals surface area contributed by atoms with E-state index in [2.05, 4.69) is 6.92 Å². The molecule has 2 rings (SSSR count). The van der Waals surface area contributed by atoms with E-state index in [4.69, 9.17) is 10.5 Å². The van der Waals surface area contributed by atoms with Crippen LogP contribution in [0.25, 0.3) is 0 Å². The molecule has 1 saturated carbocycles. The van der Waals surface area contributed by atoms with Gasteiger partial charge in [0, 0.05) is 6.54 Å². The van der Waals surface area contributed by atoms with Gasteiger partial charge in [-0.05, 0) is 26.2 Å². The highest BCUT2D eigenvalue weighted by Crippen LogP contribution is 2.30. The van der Waals surface area contributed by atoms with E-state index in [0.717, 1.165) is 25.7 Å². The lowest BCUT2D eigenvalue weighted by atomic mass is 9.87. The van der Waals surface area contributed by atoms with E-state index < -0.39 is 5.54 Å². The molecule has 2 N–H and O–H groups in total. The minimum atomic E-state index is -0.714. The van der Waals surface area contributed by atoms with Crippen molar-refractivity contribution in [1.82, 2.24) is 4.90 Å². The third-order valence-electron chi connectivity index (χ3n) is 4.25. The van der Waals surface area contributed by atoms with Crippen molar-refractivity contribution < 1.29 is 9.53 Å². The summed E-state index contributed by atoms with van der Waals surface area (Å²) in [5.41, 5.74) is 5.48. The fourth-order valence-electron chi connectivity index (χ4n) is 3.30. The molecule has 18 heavy (non-hydrogen) atoms. The summed E-state index contributed by atoms with van der Waals surface area (Å²) >= 11 is 0. The number of carbonyl (C=O) groups excluding carboxylic acids is 1. The first-order valence-electron chi connectivity index (χ1n) is 7.28. The van der Waals surface area contributed by atoms with Gasteiger partial charge in [0.1, 0.15) is 0 Å². The van der Waals surface area contributed by atoms with Gasteiger partial charge in [-0.3, -0.25) is 4.79 Å². The van der Waals surface area contributed by atoms with Crippen LogP contribution < -0.4 is 5.73 Å². The number of fused-ring (bicyclic) bond motifs is 1. The third kappa shape index (κ3) is 2.69. The largest absolute Gasteiger partial charge is 0.374 e. The molecule has 0 radical (unpaired) electrons. The maximum Gasteiger partial charge on any atom is 0.242 e. The number of rotatable bonds is 3. The number of ether oxygens (including phenoxy) is 1. The van der Waals surface area contributed by atoms with Gasteiger partial charge in [-0.2, -0.15) is 0 Å². The number of nitrogens with zero attached hydrogens (tertiary/aromatic N) is 1. The molecule has 2 aliphatic rings. The summed E-state index contributed by atoms with van der Waals surface area (Å²) in [7, 11) is 0. The van der Waals surface area contributed by atoms with Crippen LogP contribution in [0.1, 0.15) is 52.4 Å². The van der Waals surface area contributed by atoms with Gasteiger partial charge >= 0.3 is 0 Å². The number of nitrogens with two attached hydrogens (primary N) is 1. The quantitative estimate of drug-likeness (QED) is 0.833. The summed E-state index contributed by atoms with van der Waals surface area (Å²) in [5, 5.41) is 0. The maximum absolute atomic E-state index is 12.6. The smallest absolute Gasteiger partial charge is 0.242 e. The molecule has 3 atom stereocenters. The summed E-state index contributed by atoms with van der Waals surface area (Å²) in [6, 6.07) is 0.264. The third-order valence-corrected chi connectivity index (χ3v) is 4.25. The molecular formula is C14H26N2O2. The Morgan fingerprint density at radius 2 is 2.17 bits per heavy atom. The van der Waals surface area contributed by atoms with Gasteiger partial charge in [-0.15, -0.1) is 0 Å². The number of hydrogen-bond acceptors (Lipinski definition) is 3. The number of carbonyl (C=O) groups is 1. The molecule has 1 amide bonds. The molecule has 0 aromatic rings. The van der Waals surface area contributed by atoms with E-state index in [9.17, 15) is 4.79 Å². The Labute approximate surface area is 110 Å². The molecule has 2 fully saturated rings. The van der Waals surface area contributed by atoms with E-state index in [-0.39, 0.29) is 18.1 Å². The summed E-state index contributed by atoms with van der Waals surface area (Å²) in [5.74, 6) is 0.115. The van der Waals surface area contributed by atoms with Gasteiger partial charge in [0.25, 0.3) is 0 Å². The van der Waals surface area contributed by atoms with Gasteiger partial charge in [0.15, 0.2) is 0 Å². The van der Waals surface area contributed by atoms with E-state index in [1.165, 1.54) is 12.8 Å². The summed E-state index contributed by atoms with van der Waals surface area (Å²) in [4.78, 5) is 14.6. The van der Waals surface area contributed by atoms with Gasteiger partial charge < -0.3 is 15.4 Å². The lowest BCUT2D eigenvalue weighted by Crippen LogP contribution is -2.62. The predicted molar refractivity (Wildman–Crippen MR) is 71.2 cm³/mol. The second kappa shape index (κ2) is 5.57. The molecule has 4 nitrogen and oxygen atoms in total. The average molecular weight is 254 g/mol. The van der Waals surface area contributed by atoms with Crippen molar-refractivity contribution in [2.45, 2.75) is 70.1 Å². The number of morpholine rings is 1. The first kappa shape index (κ1) is 13.8.